The van der Waals surface area contributed by atoms with E-state index in [4.69, 9.17) is 11.6 Å². The van der Waals surface area contributed by atoms with Gasteiger partial charge in [-0.25, -0.2) is 4.68 Å². The minimum Gasteiger partial charge on any atom is -0.319 e. The molecule has 26 heavy (non-hydrogen) atoms. The van der Waals surface area contributed by atoms with Crippen LogP contribution in [0.5, 0.6) is 0 Å². The predicted molar refractivity (Wildman–Crippen MR) is 109 cm³/mol. The van der Waals surface area contributed by atoms with Crippen molar-refractivity contribution >= 4 is 55.1 Å². The van der Waals surface area contributed by atoms with Gasteiger partial charge in [-0.05, 0) is 65.3 Å². The number of aryl methyl sites for hydroxylation is 1. The van der Waals surface area contributed by atoms with Crippen LogP contribution in [0.4, 0.5) is 5.69 Å². The average molecular weight is 498 g/mol. The summed E-state index contributed by atoms with van der Waals surface area (Å²) in [4.78, 5) is 24.9. The molecule has 0 saturated carbocycles. The van der Waals surface area contributed by atoms with Crippen molar-refractivity contribution in [3.8, 4) is 5.69 Å². The second-order valence-electron chi connectivity index (χ2n) is 5.47. The number of halogens is 3. The number of amides is 1. The summed E-state index contributed by atoms with van der Waals surface area (Å²) in [6, 6.07) is 13.6. The van der Waals surface area contributed by atoms with Crippen molar-refractivity contribution in [3.05, 3.63) is 84.1 Å². The van der Waals surface area contributed by atoms with Crippen molar-refractivity contribution in [2.75, 3.05) is 5.32 Å². The van der Waals surface area contributed by atoms with Gasteiger partial charge in [-0.1, -0.05) is 27.5 Å². The van der Waals surface area contributed by atoms with Gasteiger partial charge in [-0.15, -0.1) is 0 Å². The predicted octanol–water partition coefficient (Wildman–Crippen LogP) is 4.97. The fourth-order valence-electron chi connectivity index (χ4n) is 2.32. The Hall–Kier alpha value is -1.96. The monoisotopic (exact) mass is 495 g/mol. The van der Waals surface area contributed by atoms with Gasteiger partial charge in [0.1, 0.15) is 0 Å². The fourth-order valence-corrected chi connectivity index (χ4v) is 3.59. The molecule has 0 aliphatic heterocycles. The molecule has 3 rings (SSSR count). The number of carbonyl (C=O) groups is 1. The van der Waals surface area contributed by atoms with Gasteiger partial charge in [-0.3, -0.25) is 9.59 Å². The highest BCUT2D eigenvalue weighted by Gasteiger charge is 2.16. The summed E-state index contributed by atoms with van der Waals surface area (Å²) in [6.07, 6.45) is 0. The summed E-state index contributed by atoms with van der Waals surface area (Å²) >= 11 is 12.6. The molecule has 1 aromatic heterocycles. The maximum Gasteiger partial charge on any atom is 0.280 e. The summed E-state index contributed by atoms with van der Waals surface area (Å²) in [7, 11) is 0. The zero-order chi connectivity index (χ0) is 18.8. The summed E-state index contributed by atoms with van der Waals surface area (Å²) in [5.41, 5.74) is 1.21. The smallest absolute Gasteiger partial charge is 0.280 e. The van der Waals surface area contributed by atoms with E-state index in [-0.39, 0.29) is 5.69 Å². The number of benzene rings is 2. The van der Waals surface area contributed by atoms with Crippen molar-refractivity contribution in [3.63, 3.8) is 0 Å². The second-order valence-corrected chi connectivity index (χ2v) is 7.67. The van der Waals surface area contributed by atoms with Crippen molar-refractivity contribution in [2.24, 2.45) is 0 Å². The van der Waals surface area contributed by atoms with Crippen LogP contribution in [0.25, 0.3) is 5.69 Å². The van der Waals surface area contributed by atoms with Crippen molar-refractivity contribution in [1.82, 2.24) is 9.78 Å². The Bertz CT molecular complexity index is 1050. The van der Waals surface area contributed by atoms with E-state index < -0.39 is 11.3 Å². The third-order valence-corrected chi connectivity index (χ3v) is 4.97. The lowest BCUT2D eigenvalue weighted by molar-refractivity contribution is 0.101. The van der Waals surface area contributed by atoms with Crippen molar-refractivity contribution < 1.29 is 4.79 Å². The van der Waals surface area contributed by atoms with Gasteiger partial charge in [0.2, 0.25) is 5.43 Å². The molecule has 0 spiro atoms. The minimum atomic E-state index is -0.583. The molecular weight excluding hydrogens is 485 g/mol. The molecular formula is C18H12Br2ClN3O2. The third kappa shape index (κ3) is 4.06. The molecule has 2 aromatic carbocycles. The Morgan fingerprint density at radius 1 is 1.12 bits per heavy atom. The standard InChI is InChI=1S/C18H12Br2ClN3O2/c1-10-8-16(25)17(23-24(10)13-5-3-12(21)4-6-13)18(26)22-15-7-2-11(19)9-14(15)20/h2-9H,1H3,(H,22,26). The van der Waals surface area contributed by atoms with Gasteiger partial charge in [0.05, 0.1) is 11.4 Å². The van der Waals surface area contributed by atoms with E-state index in [9.17, 15) is 9.59 Å². The number of aromatic nitrogens is 2. The number of hydrogen-bond acceptors (Lipinski definition) is 3. The summed E-state index contributed by atoms with van der Waals surface area (Å²) in [5.74, 6) is -0.583. The number of nitrogens with zero attached hydrogens (tertiary/aromatic N) is 2. The SMILES string of the molecule is Cc1cc(=O)c(C(=O)Nc2ccc(Br)cc2Br)nn1-c1ccc(Cl)cc1. The molecule has 5 nitrogen and oxygen atoms in total. The maximum atomic E-state index is 12.6. The molecule has 0 bridgehead atoms. The molecule has 0 atom stereocenters. The molecule has 0 fully saturated rings. The van der Waals surface area contributed by atoms with E-state index in [1.165, 1.54) is 10.7 Å². The van der Waals surface area contributed by atoms with Crippen LogP contribution in [0.15, 0.2) is 62.3 Å². The Morgan fingerprint density at radius 3 is 2.46 bits per heavy atom. The van der Waals surface area contributed by atoms with Crippen molar-refractivity contribution in [2.45, 2.75) is 6.92 Å². The molecule has 0 radical (unpaired) electrons. The quantitative estimate of drug-likeness (QED) is 0.556. The first-order chi connectivity index (χ1) is 12.3. The molecule has 0 unspecified atom stereocenters. The number of anilines is 1. The molecule has 1 heterocycles. The largest absolute Gasteiger partial charge is 0.319 e. The summed E-state index contributed by atoms with van der Waals surface area (Å²) < 4.78 is 3.08. The van der Waals surface area contributed by atoms with Gasteiger partial charge in [0, 0.05) is 25.7 Å². The van der Waals surface area contributed by atoms with E-state index in [1.54, 1.807) is 49.4 Å². The number of carbonyl (C=O) groups excluding carboxylic acids is 1. The van der Waals surface area contributed by atoms with Gasteiger partial charge in [0.15, 0.2) is 5.69 Å². The van der Waals surface area contributed by atoms with Crippen LogP contribution < -0.4 is 10.7 Å². The van der Waals surface area contributed by atoms with Crippen LogP contribution in [0.2, 0.25) is 5.02 Å². The van der Waals surface area contributed by atoms with E-state index in [0.717, 1.165) is 4.47 Å². The first-order valence-corrected chi connectivity index (χ1v) is 9.45. The Kier molecular flexibility index (Phi) is 5.60. The fraction of sp³-hybridized carbons (Fsp3) is 0.0556. The van der Waals surface area contributed by atoms with Crippen molar-refractivity contribution in [1.29, 1.82) is 0 Å². The normalized spacial score (nSPS) is 10.6. The van der Waals surface area contributed by atoms with Gasteiger partial charge < -0.3 is 5.32 Å². The first kappa shape index (κ1) is 18.8. The molecule has 132 valence electrons. The lowest BCUT2D eigenvalue weighted by Crippen LogP contribution is -2.27. The Balaban J connectivity index is 1.99. The van der Waals surface area contributed by atoms with E-state index >= 15 is 0 Å². The molecule has 8 heteroatoms. The second kappa shape index (κ2) is 7.73. The van der Waals surface area contributed by atoms with E-state index in [0.29, 0.717) is 26.6 Å². The lowest BCUT2D eigenvalue weighted by Gasteiger charge is -2.12. The van der Waals surface area contributed by atoms with Crippen LogP contribution in [0.1, 0.15) is 16.2 Å². The highest BCUT2D eigenvalue weighted by Crippen LogP contribution is 2.26. The molecule has 3 aromatic rings. The molecule has 0 saturated heterocycles. The maximum absolute atomic E-state index is 12.6. The summed E-state index contributed by atoms with van der Waals surface area (Å²) in [6.45, 7) is 1.75. The topological polar surface area (TPSA) is 64.0 Å². The van der Waals surface area contributed by atoms with Crippen LogP contribution >= 0.6 is 43.5 Å². The first-order valence-electron chi connectivity index (χ1n) is 7.48. The van der Waals surface area contributed by atoms with Gasteiger partial charge >= 0.3 is 0 Å². The zero-order valence-electron chi connectivity index (χ0n) is 13.5. The summed E-state index contributed by atoms with van der Waals surface area (Å²) in [5, 5.41) is 7.53. The number of rotatable bonds is 3. The lowest BCUT2D eigenvalue weighted by atomic mass is 10.2. The van der Waals surface area contributed by atoms with Crippen LogP contribution in [-0.4, -0.2) is 15.7 Å². The van der Waals surface area contributed by atoms with Crippen LogP contribution in [0, 0.1) is 6.92 Å². The van der Waals surface area contributed by atoms with Gasteiger partial charge in [0.25, 0.3) is 5.91 Å². The third-order valence-electron chi connectivity index (χ3n) is 3.57. The molecule has 0 aliphatic rings. The van der Waals surface area contributed by atoms with Crippen LogP contribution in [0.3, 0.4) is 0 Å². The number of nitrogens with one attached hydrogen (secondary N) is 1. The Morgan fingerprint density at radius 2 is 1.81 bits per heavy atom. The highest BCUT2D eigenvalue weighted by atomic mass is 79.9. The average Bonchev–Trinajstić information content (AvgIpc) is 2.58. The number of hydrogen-bond donors (Lipinski definition) is 1. The zero-order valence-corrected chi connectivity index (χ0v) is 17.4. The Labute approximate surface area is 171 Å². The van der Waals surface area contributed by atoms with Crippen LogP contribution in [-0.2, 0) is 0 Å². The van der Waals surface area contributed by atoms with Gasteiger partial charge in [-0.2, -0.15) is 5.10 Å². The minimum absolute atomic E-state index is 0.194. The van der Waals surface area contributed by atoms with E-state index in [1.807, 2.05) is 0 Å². The highest BCUT2D eigenvalue weighted by molar-refractivity contribution is 9.11. The molecule has 0 aliphatic carbocycles. The van der Waals surface area contributed by atoms with E-state index in [2.05, 4.69) is 42.3 Å². The molecule has 1 N–H and O–H groups in total. The molecule has 1 amide bonds.